The highest BCUT2D eigenvalue weighted by atomic mass is 15.1. The predicted octanol–water partition coefficient (Wildman–Crippen LogP) is 14.3. The van der Waals surface area contributed by atoms with Gasteiger partial charge in [0.15, 0.2) is 0 Å². The average molecular weight is 692 g/mol. The third-order valence-corrected chi connectivity index (χ3v) is 12.6. The summed E-state index contributed by atoms with van der Waals surface area (Å²) >= 11 is 0. The lowest BCUT2D eigenvalue weighted by Gasteiger charge is -2.33. The van der Waals surface area contributed by atoms with Crippen LogP contribution < -0.4 is 4.90 Å². The first kappa shape index (κ1) is 31.4. The standard InChI is InChI=1S/C53H41N/c1-52(2,3)34-24-26-35(27-25-34)54(36-28-30-42-40-16-5-4-14-38(40)39-15-6-7-17-41(39)46(42)32-36)37-29-31-51-47(33-37)45-20-10-13-23-50(45)53(51)48-21-11-8-18-43(48)44-19-9-12-22-49(44)53/h4-24,26,28-33H,25,27H2,1-3H3. The number of fused-ring (bicyclic) bond motifs is 16. The number of rotatable bonds is 3. The minimum atomic E-state index is -0.347. The Morgan fingerprint density at radius 2 is 0.852 bits per heavy atom. The summed E-state index contributed by atoms with van der Waals surface area (Å²) in [4.78, 5) is 2.55. The summed E-state index contributed by atoms with van der Waals surface area (Å²) in [5.74, 6) is 0. The van der Waals surface area contributed by atoms with Crippen molar-refractivity contribution in [3.63, 3.8) is 0 Å². The van der Waals surface area contributed by atoms with Gasteiger partial charge in [-0.05, 0) is 125 Å². The van der Waals surface area contributed by atoms with Crippen LogP contribution in [0.1, 0.15) is 55.9 Å². The first-order chi connectivity index (χ1) is 26.4. The SMILES string of the molecule is CC(C)(C)C1=CC=C(N(c2ccc3c(c2)-c2ccccc2C32c3ccccc3-c3ccccc32)c2ccc3c4ccccc4c4ccccc4c3c2)CC1. The Balaban J connectivity index is 1.16. The molecule has 0 fully saturated rings. The van der Waals surface area contributed by atoms with Crippen molar-refractivity contribution in [2.75, 3.05) is 4.90 Å². The lowest BCUT2D eigenvalue weighted by atomic mass is 9.70. The van der Waals surface area contributed by atoms with Crippen molar-refractivity contribution in [3.8, 4) is 22.3 Å². The first-order valence-electron chi connectivity index (χ1n) is 19.4. The number of allylic oxidation sites excluding steroid dienone is 4. The molecule has 11 rings (SSSR count). The number of nitrogens with zero attached hydrogens (tertiary/aromatic N) is 1. The third-order valence-electron chi connectivity index (χ3n) is 12.6. The molecule has 3 aliphatic carbocycles. The van der Waals surface area contributed by atoms with Crippen LogP contribution in [0.2, 0.25) is 0 Å². The quantitative estimate of drug-likeness (QED) is 0.167. The fourth-order valence-electron chi connectivity index (χ4n) is 10.2. The first-order valence-corrected chi connectivity index (χ1v) is 19.4. The van der Waals surface area contributed by atoms with Gasteiger partial charge >= 0.3 is 0 Å². The number of hydrogen-bond donors (Lipinski definition) is 0. The highest BCUT2D eigenvalue weighted by molar-refractivity contribution is 6.25. The van der Waals surface area contributed by atoms with Crippen molar-refractivity contribution < 1.29 is 0 Å². The molecule has 0 saturated carbocycles. The topological polar surface area (TPSA) is 3.24 Å². The van der Waals surface area contributed by atoms with Crippen LogP contribution in [0.15, 0.2) is 181 Å². The molecule has 8 aromatic rings. The summed E-state index contributed by atoms with van der Waals surface area (Å²) in [7, 11) is 0. The maximum atomic E-state index is 2.55. The van der Waals surface area contributed by atoms with E-state index in [0.717, 1.165) is 12.8 Å². The molecule has 0 amide bonds. The van der Waals surface area contributed by atoms with Gasteiger partial charge in [-0.3, -0.25) is 0 Å². The van der Waals surface area contributed by atoms with E-state index in [1.165, 1.54) is 99.5 Å². The molecule has 0 radical (unpaired) electrons. The maximum absolute atomic E-state index is 2.55. The zero-order valence-electron chi connectivity index (χ0n) is 31.0. The van der Waals surface area contributed by atoms with Crippen LogP contribution in [0.3, 0.4) is 0 Å². The molecular formula is C53H41N. The van der Waals surface area contributed by atoms with E-state index < -0.39 is 0 Å². The normalized spacial score (nSPS) is 15.2. The van der Waals surface area contributed by atoms with E-state index in [0.29, 0.717) is 0 Å². The van der Waals surface area contributed by atoms with Crippen LogP contribution in [0.4, 0.5) is 11.4 Å². The van der Waals surface area contributed by atoms with Gasteiger partial charge in [0.1, 0.15) is 0 Å². The van der Waals surface area contributed by atoms with E-state index in [9.17, 15) is 0 Å². The van der Waals surface area contributed by atoms with E-state index in [-0.39, 0.29) is 10.8 Å². The van der Waals surface area contributed by atoms with Crippen LogP contribution in [0, 0.1) is 5.41 Å². The molecule has 0 aliphatic heterocycles. The minimum absolute atomic E-state index is 0.148. The van der Waals surface area contributed by atoms with Gasteiger partial charge in [0.05, 0.1) is 5.41 Å². The summed E-state index contributed by atoms with van der Waals surface area (Å²) in [6, 6.07) is 59.5. The minimum Gasteiger partial charge on any atom is -0.314 e. The Hall–Kier alpha value is -6.18. The molecule has 54 heavy (non-hydrogen) atoms. The second-order valence-electron chi connectivity index (χ2n) is 16.4. The van der Waals surface area contributed by atoms with E-state index >= 15 is 0 Å². The third kappa shape index (κ3) is 4.27. The molecule has 8 aromatic carbocycles. The van der Waals surface area contributed by atoms with Gasteiger partial charge in [-0.2, -0.15) is 0 Å². The Labute approximate surface area is 317 Å². The summed E-state index contributed by atoms with van der Waals surface area (Å²) in [5, 5.41) is 7.79. The van der Waals surface area contributed by atoms with Crippen molar-refractivity contribution in [3.05, 3.63) is 203 Å². The summed E-state index contributed by atoms with van der Waals surface area (Å²) in [6.07, 6.45) is 6.81. The van der Waals surface area contributed by atoms with E-state index in [1.54, 1.807) is 0 Å². The molecular weight excluding hydrogens is 651 g/mol. The lowest BCUT2D eigenvalue weighted by Crippen LogP contribution is -2.26. The molecule has 0 atom stereocenters. The van der Waals surface area contributed by atoms with E-state index in [1.807, 2.05) is 0 Å². The van der Waals surface area contributed by atoms with Crippen molar-refractivity contribution in [1.82, 2.24) is 0 Å². The fourth-order valence-corrected chi connectivity index (χ4v) is 10.2. The highest BCUT2D eigenvalue weighted by Crippen LogP contribution is 2.63. The number of benzene rings is 8. The van der Waals surface area contributed by atoms with Gasteiger partial charge in [0.2, 0.25) is 0 Å². The monoisotopic (exact) mass is 691 g/mol. The second kappa shape index (κ2) is 11.4. The Morgan fingerprint density at radius 1 is 0.407 bits per heavy atom. The van der Waals surface area contributed by atoms with Crippen molar-refractivity contribution in [2.24, 2.45) is 5.41 Å². The summed E-state index contributed by atoms with van der Waals surface area (Å²) in [6.45, 7) is 7.00. The van der Waals surface area contributed by atoms with Gasteiger partial charge in [-0.1, -0.05) is 166 Å². The molecule has 3 aliphatic rings. The Bertz CT molecular complexity index is 2850. The molecule has 0 bridgehead atoms. The van der Waals surface area contributed by atoms with Gasteiger partial charge in [0.25, 0.3) is 0 Å². The summed E-state index contributed by atoms with van der Waals surface area (Å²) < 4.78 is 0. The molecule has 1 spiro atoms. The smallest absolute Gasteiger partial charge is 0.0725 e. The van der Waals surface area contributed by atoms with Gasteiger partial charge in [0, 0.05) is 17.1 Å². The fraction of sp³-hybridized carbons (Fsp3) is 0.132. The van der Waals surface area contributed by atoms with Crippen molar-refractivity contribution in [2.45, 2.75) is 39.0 Å². The highest BCUT2D eigenvalue weighted by Gasteiger charge is 2.51. The number of hydrogen-bond acceptors (Lipinski definition) is 1. The van der Waals surface area contributed by atoms with Crippen LogP contribution in [0.25, 0.3) is 54.6 Å². The molecule has 1 heteroatoms. The molecule has 258 valence electrons. The summed E-state index contributed by atoms with van der Waals surface area (Å²) in [5.41, 5.74) is 15.8. The van der Waals surface area contributed by atoms with Gasteiger partial charge in [-0.15, -0.1) is 0 Å². The molecule has 0 saturated heterocycles. The van der Waals surface area contributed by atoms with E-state index in [2.05, 4.69) is 196 Å². The molecule has 0 N–H and O–H groups in total. The van der Waals surface area contributed by atoms with Gasteiger partial charge in [-0.25, -0.2) is 0 Å². The molecule has 1 nitrogen and oxygen atoms in total. The van der Waals surface area contributed by atoms with Crippen LogP contribution >= 0.6 is 0 Å². The van der Waals surface area contributed by atoms with Crippen LogP contribution in [-0.2, 0) is 5.41 Å². The zero-order valence-corrected chi connectivity index (χ0v) is 31.0. The number of anilines is 2. The largest absolute Gasteiger partial charge is 0.314 e. The zero-order chi connectivity index (χ0) is 36.2. The Morgan fingerprint density at radius 3 is 1.39 bits per heavy atom. The van der Waals surface area contributed by atoms with Crippen molar-refractivity contribution in [1.29, 1.82) is 0 Å². The maximum Gasteiger partial charge on any atom is 0.0725 e. The Kier molecular flexibility index (Phi) is 6.62. The molecule has 0 heterocycles. The van der Waals surface area contributed by atoms with Crippen molar-refractivity contribution >= 4 is 43.7 Å². The van der Waals surface area contributed by atoms with E-state index in [4.69, 9.17) is 0 Å². The average Bonchev–Trinajstić information content (AvgIpc) is 3.68. The van der Waals surface area contributed by atoms with Gasteiger partial charge < -0.3 is 4.90 Å². The second-order valence-corrected chi connectivity index (χ2v) is 16.4. The molecule has 0 unspecified atom stereocenters. The van der Waals surface area contributed by atoms with Crippen LogP contribution in [0.5, 0.6) is 0 Å². The molecule has 0 aromatic heterocycles. The van der Waals surface area contributed by atoms with Crippen LogP contribution in [-0.4, -0.2) is 0 Å². The predicted molar refractivity (Wildman–Crippen MR) is 229 cm³/mol. The lowest BCUT2D eigenvalue weighted by molar-refractivity contribution is 0.479.